The van der Waals surface area contributed by atoms with E-state index in [2.05, 4.69) is 0 Å². The Kier molecular flexibility index (Phi) is 2.70. The SMILES string of the molecule is O=C(O)c1ccc(B2OCCO2)c(F)c1. The van der Waals surface area contributed by atoms with Gasteiger partial charge in [0.25, 0.3) is 0 Å². The van der Waals surface area contributed by atoms with E-state index in [9.17, 15) is 9.18 Å². The summed E-state index contributed by atoms with van der Waals surface area (Å²) in [4.78, 5) is 10.6. The number of rotatable bonds is 2. The molecule has 1 aromatic carbocycles. The lowest BCUT2D eigenvalue weighted by Gasteiger charge is -2.05. The molecule has 15 heavy (non-hydrogen) atoms. The highest BCUT2D eigenvalue weighted by atomic mass is 19.1. The maximum atomic E-state index is 13.4. The van der Waals surface area contributed by atoms with Crippen molar-refractivity contribution in [2.45, 2.75) is 0 Å². The second-order valence-corrected chi connectivity index (χ2v) is 3.11. The fourth-order valence-electron chi connectivity index (χ4n) is 1.39. The van der Waals surface area contributed by atoms with Gasteiger partial charge in [-0.25, -0.2) is 9.18 Å². The minimum absolute atomic E-state index is 0.0887. The first-order chi connectivity index (χ1) is 7.18. The normalized spacial score (nSPS) is 15.7. The first-order valence-electron chi connectivity index (χ1n) is 4.44. The second kappa shape index (κ2) is 4.00. The summed E-state index contributed by atoms with van der Waals surface area (Å²) in [6.45, 7) is 0.843. The van der Waals surface area contributed by atoms with E-state index in [0.29, 0.717) is 13.2 Å². The summed E-state index contributed by atoms with van der Waals surface area (Å²) in [6, 6.07) is 3.66. The minimum Gasteiger partial charge on any atom is -0.478 e. The van der Waals surface area contributed by atoms with E-state index < -0.39 is 18.9 Å². The summed E-state index contributed by atoms with van der Waals surface area (Å²) in [7, 11) is -0.715. The third kappa shape index (κ3) is 2.00. The van der Waals surface area contributed by atoms with Gasteiger partial charge in [0, 0.05) is 5.46 Å². The van der Waals surface area contributed by atoms with E-state index in [1.807, 2.05) is 0 Å². The van der Waals surface area contributed by atoms with Crippen LogP contribution in [0, 0.1) is 5.82 Å². The average molecular weight is 210 g/mol. The molecule has 0 aromatic heterocycles. The van der Waals surface area contributed by atoms with Crippen LogP contribution in [0.25, 0.3) is 0 Å². The van der Waals surface area contributed by atoms with E-state index >= 15 is 0 Å². The molecule has 1 aliphatic rings. The van der Waals surface area contributed by atoms with E-state index in [4.69, 9.17) is 14.4 Å². The lowest BCUT2D eigenvalue weighted by molar-refractivity contribution is 0.0696. The van der Waals surface area contributed by atoms with Gasteiger partial charge in [0.2, 0.25) is 0 Å². The van der Waals surface area contributed by atoms with Crippen molar-refractivity contribution in [3.05, 3.63) is 29.6 Å². The largest absolute Gasteiger partial charge is 0.497 e. The van der Waals surface area contributed by atoms with Gasteiger partial charge in [0.05, 0.1) is 18.8 Å². The van der Waals surface area contributed by atoms with Gasteiger partial charge in [-0.1, -0.05) is 6.07 Å². The Morgan fingerprint density at radius 1 is 1.40 bits per heavy atom. The Labute approximate surface area is 85.8 Å². The van der Waals surface area contributed by atoms with Gasteiger partial charge in [-0.05, 0) is 12.1 Å². The first kappa shape index (κ1) is 10.1. The number of carboxylic acid groups (broad SMARTS) is 1. The number of benzene rings is 1. The zero-order chi connectivity index (χ0) is 10.8. The molecule has 1 heterocycles. The summed E-state index contributed by atoms with van der Waals surface area (Å²) in [5.74, 6) is -1.78. The molecule has 6 heteroatoms. The van der Waals surface area contributed by atoms with Crippen LogP contribution in [0.2, 0.25) is 0 Å². The number of carboxylic acids is 1. The molecule has 0 amide bonds. The molecule has 1 aliphatic heterocycles. The summed E-state index contributed by atoms with van der Waals surface area (Å²) in [5.41, 5.74) is 0.145. The average Bonchev–Trinajstić information content (AvgIpc) is 2.70. The van der Waals surface area contributed by atoms with Crippen LogP contribution in [-0.2, 0) is 9.31 Å². The number of hydrogen-bond acceptors (Lipinski definition) is 3. The van der Waals surface area contributed by atoms with Crippen LogP contribution in [0.3, 0.4) is 0 Å². The van der Waals surface area contributed by atoms with Crippen LogP contribution < -0.4 is 5.46 Å². The summed E-state index contributed by atoms with van der Waals surface area (Å²) in [5, 5.41) is 8.64. The van der Waals surface area contributed by atoms with Crippen LogP contribution in [0.4, 0.5) is 4.39 Å². The molecule has 0 atom stereocenters. The molecule has 0 bridgehead atoms. The van der Waals surface area contributed by atoms with Gasteiger partial charge < -0.3 is 14.4 Å². The Balaban J connectivity index is 2.29. The van der Waals surface area contributed by atoms with Gasteiger partial charge in [-0.15, -0.1) is 0 Å². The van der Waals surface area contributed by atoms with Crippen LogP contribution in [-0.4, -0.2) is 31.4 Å². The van der Waals surface area contributed by atoms with Gasteiger partial charge in [-0.3, -0.25) is 0 Å². The fraction of sp³-hybridized carbons (Fsp3) is 0.222. The van der Waals surface area contributed by atoms with Crippen molar-refractivity contribution in [1.82, 2.24) is 0 Å². The maximum absolute atomic E-state index is 13.4. The van der Waals surface area contributed by atoms with Crippen LogP contribution in [0.15, 0.2) is 18.2 Å². The molecule has 1 fully saturated rings. The highest BCUT2D eigenvalue weighted by molar-refractivity contribution is 6.61. The van der Waals surface area contributed by atoms with Crippen molar-refractivity contribution in [3.8, 4) is 0 Å². The molecule has 0 saturated carbocycles. The zero-order valence-corrected chi connectivity index (χ0v) is 7.77. The van der Waals surface area contributed by atoms with E-state index in [1.165, 1.54) is 12.1 Å². The molecular formula is C9H8BFO4. The highest BCUT2D eigenvalue weighted by Crippen LogP contribution is 2.07. The van der Waals surface area contributed by atoms with Gasteiger partial charge in [0.1, 0.15) is 5.82 Å². The summed E-state index contributed by atoms with van der Waals surface area (Å²) >= 11 is 0. The van der Waals surface area contributed by atoms with E-state index in [0.717, 1.165) is 6.07 Å². The third-order valence-corrected chi connectivity index (χ3v) is 2.12. The summed E-state index contributed by atoms with van der Waals surface area (Å²) < 4.78 is 23.7. The molecule has 1 N–H and O–H groups in total. The van der Waals surface area contributed by atoms with Crippen molar-refractivity contribution >= 4 is 18.6 Å². The van der Waals surface area contributed by atoms with Crippen LogP contribution in [0.5, 0.6) is 0 Å². The Hall–Kier alpha value is -1.40. The Bertz CT molecular complexity index is 390. The predicted octanol–water partition coefficient (Wildman–Crippen LogP) is 0.266. The smallest absolute Gasteiger partial charge is 0.478 e. The minimum atomic E-state index is -1.16. The molecule has 0 aliphatic carbocycles. The maximum Gasteiger partial charge on any atom is 0.497 e. The Morgan fingerprint density at radius 3 is 2.60 bits per heavy atom. The van der Waals surface area contributed by atoms with Crippen molar-refractivity contribution < 1.29 is 23.6 Å². The molecule has 4 nitrogen and oxygen atoms in total. The van der Waals surface area contributed by atoms with Gasteiger partial charge in [-0.2, -0.15) is 0 Å². The molecule has 78 valence electrons. The lowest BCUT2D eigenvalue weighted by Crippen LogP contribution is -2.34. The third-order valence-electron chi connectivity index (χ3n) is 2.12. The monoisotopic (exact) mass is 210 g/mol. The van der Waals surface area contributed by atoms with Crippen molar-refractivity contribution in [3.63, 3.8) is 0 Å². The number of carbonyl (C=O) groups is 1. The Morgan fingerprint density at radius 2 is 2.07 bits per heavy atom. The fourth-order valence-corrected chi connectivity index (χ4v) is 1.39. The standard InChI is InChI=1S/C9H8BFO4/c11-8-5-6(9(12)13)1-2-7(8)10-14-3-4-15-10/h1-2,5H,3-4H2,(H,12,13). The number of aromatic carboxylic acids is 1. The number of hydrogen-bond donors (Lipinski definition) is 1. The molecule has 0 radical (unpaired) electrons. The van der Waals surface area contributed by atoms with Gasteiger partial charge in [0.15, 0.2) is 0 Å². The lowest BCUT2D eigenvalue weighted by atomic mass is 9.78. The topological polar surface area (TPSA) is 55.8 Å². The quantitative estimate of drug-likeness (QED) is 0.711. The molecule has 1 saturated heterocycles. The highest BCUT2D eigenvalue weighted by Gasteiger charge is 2.29. The summed E-state index contributed by atoms with van der Waals surface area (Å²) in [6.07, 6.45) is 0. The molecule has 2 rings (SSSR count). The van der Waals surface area contributed by atoms with Crippen molar-refractivity contribution in [1.29, 1.82) is 0 Å². The van der Waals surface area contributed by atoms with Crippen molar-refractivity contribution in [2.75, 3.05) is 13.2 Å². The predicted molar refractivity (Wildman–Crippen MR) is 50.7 cm³/mol. The molecule has 0 unspecified atom stereocenters. The van der Waals surface area contributed by atoms with E-state index in [1.54, 1.807) is 0 Å². The van der Waals surface area contributed by atoms with Crippen LogP contribution >= 0.6 is 0 Å². The van der Waals surface area contributed by atoms with Crippen LogP contribution in [0.1, 0.15) is 10.4 Å². The molecule has 0 spiro atoms. The van der Waals surface area contributed by atoms with Crippen molar-refractivity contribution in [2.24, 2.45) is 0 Å². The second-order valence-electron chi connectivity index (χ2n) is 3.11. The number of halogens is 1. The molecule has 1 aromatic rings. The zero-order valence-electron chi connectivity index (χ0n) is 7.77. The molecular weight excluding hydrogens is 202 g/mol. The first-order valence-corrected chi connectivity index (χ1v) is 4.44. The van der Waals surface area contributed by atoms with E-state index in [-0.39, 0.29) is 11.0 Å². The van der Waals surface area contributed by atoms with Gasteiger partial charge >= 0.3 is 13.1 Å².